The molecule has 0 heterocycles. The summed E-state index contributed by atoms with van der Waals surface area (Å²) in [5.41, 5.74) is 2.25. The number of benzene rings is 3. The van der Waals surface area contributed by atoms with Crippen molar-refractivity contribution < 1.29 is 32.5 Å². The summed E-state index contributed by atoms with van der Waals surface area (Å²) in [6.45, 7) is 6.23. The predicted octanol–water partition coefficient (Wildman–Crippen LogP) is 7.24. The first-order chi connectivity index (χ1) is 17.9. The Morgan fingerprint density at radius 3 is 2.47 bits per heavy atom. The van der Waals surface area contributed by atoms with Gasteiger partial charge >= 0.3 is 5.97 Å². The van der Waals surface area contributed by atoms with Crippen LogP contribution in [0.5, 0.6) is 11.5 Å². The molecule has 38 heavy (non-hydrogen) atoms. The predicted molar refractivity (Wildman–Crippen MR) is 138 cm³/mol. The Morgan fingerprint density at radius 2 is 1.82 bits per heavy atom. The van der Waals surface area contributed by atoms with Crippen LogP contribution in [-0.4, -0.2) is 18.2 Å². The maximum atomic E-state index is 15.6. The van der Waals surface area contributed by atoms with E-state index in [1.54, 1.807) is 18.2 Å². The molecule has 0 aromatic heterocycles. The summed E-state index contributed by atoms with van der Waals surface area (Å²) >= 11 is 0. The molecule has 1 spiro atoms. The lowest BCUT2D eigenvalue weighted by Crippen LogP contribution is -2.14. The van der Waals surface area contributed by atoms with Crippen molar-refractivity contribution in [2.75, 3.05) is 7.11 Å². The van der Waals surface area contributed by atoms with Gasteiger partial charge in [-0.1, -0.05) is 39.0 Å². The van der Waals surface area contributed by atoms with Gasteiger partial charge in [0.25, 0.3) is 0 Å². The van der Waals surface area contributed by atoms with Crippen molar-refractivity contribution in [3.05, 3.63) is 82.2 Å². The summed E-state index contributed by atoms with van der Waals surface area (Å²) in [7, 11) is 1.53. The first kappa shape index (κ1) is 26.1. The number of hydrogen-bond acceptors (Lipinski definition) is 3. The van der Waals surface area contributed by atoms with Crippen molar-refractivity contribution in [2.24, 2.45) is 11.3 Å². The van der Waals surface area contributed by atoms with Gasteiger partial charge in [-0.05, 0) is 71.6 Å². The quantitative estimate of drug-likeness (QED) is 0.354. The molecule has 5 rings (SSSR count). The maximum Gasteiger partial charge on any atom is 0.307 e. The van der Waals surface area contributed by atoms with Gasteiger partial charge < -0.3 is 14.6 Å². The number of carboxylic acids is 1. The maximum absolute atomic E-state index is 15.6. The summed E-state index contributed by atoms with van der Waals surface area (Å²) in [6, 6.07) is 11.2. The second kappa shape index (κ2) is 9.37. The lowest BCUT2D eigenvalue weighted by atomic mass is 9.84. The smallest absolute Gasteiger partial charge is 0.307 e. The minimum atomic E-state index is -0.983. The highest BCUT2D eigenvalue weighted by atomic mass is 19.1. The van der Waals surface area contributed by atoms with Gasteiger partial charge in [0.1, 0.15) is 24.0 Å². The third kappa shape index (κ3) is 4.63. The van der Waals surface area contributed by atoms with E-state index in [2.05, 4.69) is 20.8 Å². The van der Waals surface area contributed by atoms with Crippen molar-refractivity contribution >= 4 is 5.97 Å². The Hall–Kier alpha value is -3.48. The number of fused-ring (bicyclic) bond motifs is 2. The molecule has 0 bridgehead atoms. The zero-order valence-corrected chi connectivity index (χ0v) is 22.0. The highest BCUT2D eigenvalue weighted by Gasteiger charge is 2.63. The van der Waals surface area contributed by atoms with E-state index in [1.165, 1.54) is 13.2 Å². The molecule has 2 atom stereocenters. The molecule has 200 valence electrons. The topological polar surface area (TPSA) is 55.8 Å². The molecule has 1 saturated carbocycles. The fraction of sp³-hybridized carbons (Fsp3) is 0.387. The van der Waals surface area contributed by atoms with Crippen molar-refractivity contribution in [2.45, 2.75) is 58.5 Å². The van der Waals surface area contributed by atoms with E-state index >= 15 is 4.39 Å². The molecule has 0 aliphatic heterocycles. The second-order valence-electron chi connectivity index (χ2n) is 11.6. The van der Waals surface area contributed by atoms with Crippen LogP contribution in [-0.2, 0) is 29.7 Å². The Balaban J connectivity index is 1.46. The molecule has 1 fully saturated rings. The number of ether oxygens (including phenoxy) is 2. The number of rotatable bonds is 7. The molecule has 7 heteroatoms. The van der Waals surface area contributed by atoms with Crippen LogP contribution < -0.4 is 9.47 Å². The van der Waals surface area contributed by atoms with Gasteiger partial charge in [-0.2, -0.15) is 0 Å². The number of aliphatic carboxylic acids is 1. The molecular formula is C31H31F3O4. The highest BCUT2D eigenvalue weighted by Crippen LogP contribution is 2.63. The summed E-state index contributed by atoms with van der Waals surface area (Å²) in [5.74, 6) is -2.97. The van der Waals surface area contributed by atoms with Crippen molar-refractivity contribution in [3.63, 3.8) is 0 Å². The van der Waals surface area contributed by atoms with Crippen LogP contribution in [0.25, 0.3) is 11.1 Å². The normalized spacial score (nSPS) is 19.9. The Morgan fingerprint density at radius 1 is 1.05 bits per heavy atom. The Bertz CT molecular complexity index is 1430. The van der Waals surface area contributed by atoms with Crippen LogP contribution in [0.1, 0.15) is 55.9 Å². The average Bonchev–Trinajstić information content (AvgIpc) is 3.45. The molecule has 1 N–H and O–H groups in total. The van der Waals surface area contributed by atoms with Gasteiger partial charge in [-0.15, -0.1) is 0 Å². The van der Waals surface area contributed by atoms with Crippen molar-refractivity contribution in [1.29, 1.82) is 0 Å². The average molecular weight is 525 g/mol. The van der Waals surface area contributed by atoms with Crippen LogP contribution in [0.15, 0.2) is 42.5 Å². The van der Waals surface area contributed by atoms with E-state index in [1.807, 2.05) is 12.1 Å². The lowest BCUT2D eigenvalue weighted by Gasteiger charge is -2.22. The molecule has 0 saturated heterocycles. The summed E-state index contributed by atoms with van der Waals surface area (Å²) in [6.07, 6.45) is 1.71. The second-order valence-corrected chi connectivity index (χ2v) is 11.6. The molecule has 3 aromatic carbocycles. The summed E-state index contributed by atoms with van der Waals surface area (Å²) in [5, 5.41) is 9.47. The molecule has 2 aliphatic rings. The fourth-order valence-electron chi connectivity index (χ4n) is 5.88. The number of methoxy groups -OCH3 is 1. The third-order valence-electron chi connectivity index (χ3n) is 7.72. The first-order valence-corrected chi connectivity index (χ1v) is 12.8. The van der Waals surface area contributed by atoms with Crippen molar-refractivity contribution in [3.8, 4) is 22.6 Å². The number of carbonyl (C=O) groups is 1. The first-order valence-electron chi connectivity index (χ1n) is 12.8. The minimum Gasteiger partial charge on any atom is -0.497 e. The van der Waals surface area contributed by atoms with Gasteiger partial charge in [0.15, 0.2) is 11.6 Å². The number of halogens is 3. The summed E-state index contributed by atoms with van der Waals surface area (Å²) in [4.78, 5) is 11.6. The van der Waals surface area contributed by atoms with E-state index in [-0.39, 0.29) is 34.7 Å². The monoisotopic (exact) mass is 524 g/mol. The van der Waals surface area contributed by atoms with E-state index in [0.717, 1.165) is 22.8 Å². The van der Waals surface area contributed by atoms with Crippen LogP contribution in [0.2, 0.25) is 0 Å². The van der Waals surface area contributed by atoms with Gasteiger partial charge in [0.05, 0.1) is 13.0 Å². The molecule has 3 aromatic rings. The molecule has 0 radical (unpaired) electrons. The Labute approximate surface area is 220 Å². The van der Waals surface area contributed by atoms with Gasteiger partial charge in [-0.25, -0.2) is 13.2 Å². The van der Waals surface area contributed by atoms with Crippen LogP contribution in [0, 0.1) is 28.8 Å². The highest BCUT2D eigenvalue weighted by molar-refractivity contribution is 5.78. The van der Waals surface area contributed by atoms with Gasteiger partial charge in [0, 0.05) is 22.6 Å². The molecular weight excluding hydrogens is 493 g/mol. The Kier molecular flexibility index (Phi) is 6.44. The zero-order valence-electron chi connectivity index (χ0n) is 22.0. The SMILES string of the molecule is COc1ccc(F)c(-c2ccc(COc3cc(F)c4c(c3F)C3(CC4)CC3C(=O)O)cc2CC(C)(C)C)c1. The third-order valence-corrected chi connectivity index (χ3v) is 7.72. The van der Waals surface area contributed by atoms with E-state index in [4.69, 9.17) is 9.47 Å². The van der Waals surface area contributed by atoms with Crippen LogP contribution >= 0.6 is 0 Å². The largest absolute Gasteiger partial charge is 0.497 e. The zero-order chi connectivity index (χ0) is 27.4. The van der Waals surface area contributed by atoms with Gasteiger partial charge in [0.2, 0.25) is 0 Å². The van der Waals surface area contributed by atoms with E-state index < -0.39 is 28.9 Å². The molecule has 2 unspecified atom stereocenters. The number of carboxylic acid groups (broad SMARTS) is 1. The van der Waals surface area contributed by atoms with E-state index in [0.29, 0.717) is 37.0 Å². The molecule has 0 amide bonds. The van der Waals surface area contributed by atoms with Crippen LogP contribution in [0.4, 0.5) is 13.2 Å². The van der Waals surface area contributed by atoms with E-state index in [9.17, 15) is 18.7 Å². The summed E-state index contributed by atoms with van der Waals surface area (Å²) < 4.78 is 56.4. The fourth-order valence-corrected chi connectivity index (χ4v) is 5.88. The molecule has 4 nitrogen and oxygen atoms in total. The van der Waals surface area contributed by atoms with Crippen LogP contribution in [0.3, 0.4) is 0 Å². The lowest BCUT2D eigenvalue weighted by molar-refractivity contribution is -0.139. The number of hydrogen-bond donors (Lipinski definition) is 1. The van der Waals surface area contributed by atoms with Crippen molar-refractivity contribution in [1.82, 2.24) is 0 Å². The molecule has 2 aliphatic carbocycles. The minimum absolute atomic E-state index is 0.0253. The standard InChI is InChI=1S/C31H31F3O4/c1-30(2,3)14-18-11-17(5-7-20(18)22-12-19(37-4)6-8-24(22)32)16-38-26-13-25(33)21-9-10-31(27(21)28(26)34)15-23(31)29(35)36/h5-8,11-13,23H,9-10,14-16H2,1-4H3,(H,35,36). The van der Waals surface area contributed by atoms with Gasteiger partial charge in [-0.3, -0.25) is 4.79 Å².